The van der Waals surface area contributed by atoms with E-state index in [1.54, 1.807) is 18.2 Å². The zero-order chi connectivity index (χ0) is 11.7. The van der Waals surface area contributed by atoms with Crippen LogP contribution < -0.4 is 11.2 Å². The average Bonchev–Trinajstić information content (AvgIpc) is 2.23. The summed E-state index contributed by atoms with van der Waals surface area (Å²) in [5.74, 6) is 0. The maximum Gasteiger partial charge on any atom is 0.325 e. The molecule has 0 atom stereocenters. The summed E-state index contributed by atoms with van der Waals surface area (Å²) < 4.78 is 0. The quantitative estimate of drug-likeness (QED) is 0.791. The molecular weight excluding hydrogens is 228 g/mol. The number of nitrogens with one attached hydrogen (secondary N) is 2. The van der Waals surface area contributed by atoms with Crippen LogP contribution >= 0.6 is 11.6 Å². The number of rotatable bonds is 1. The largest absolute Gasteiger partial charge is 0.325 e. The fourth-order valence-corrected chi connectivity index (χ4v) is 1.68. The van der Waals surface area contributed by atoms with Crippen LogP contribution in [0.3, 0.4) is 0 Å². The molecule has 1 aromatic carbocycles. The van der Waals surface area contributed by atoms with E-state index in [1.165, 1.54) is 6.20 Å². The van der Waals surface area contributed by atoms with E-state index in [4.69, 9.17) is 11.6 Å². The highest BCUT2D eigenvalue weighted by Gasteiger charge is 2.08. The van der Waals surface area contributed by atoms with Crippen LogP contribution in [0.15, 0.2) is 34.0 Å². The van der Waals surface area contributed by atoms with Gasteiger partial charge in [0.2, 0.25) is 0 Å². The Morgan fingerprint density at radius 2 is 1.94 bits per heavy atom. The molecule has 0 fully saturated rings. The molecule has 0 aliphatic carbocycles. The monoisotopic (exact) mass is 236 g/mol. The van der Waals surface area contributed by atoms with Gasteiger partial charge >= 0.3 is 5.69 Å². The number of hydrogen-bond acceptors (Lipinski definition) is 2. The van der Waals surface area contributed by atoms with Gasteiger partial charge in [0.25, 0.3) is 5.56 Å². The molecule has 0 aliphatic rings. The van der Waals surface area contributed by atoms with Crippen LogP contribution in [0.1, 0.15) is 5.56 Å². The summed E-state index contributed by atoms with van der Waals surface area (Å²) in [5.41, 5.74) is 0.980. The lowest BCUT2D eigenvalue weighted by molar-refractivity contribution is 1.04. The number of aromatic nitrogens is 2. The van der Waals surface area contributed by atoms with Gasteiger partial charge in [-0.2, -0.15) is 0 Å². The number of halogens is 1. The summed E-state index contributed by atoms with van der Waals surface area (Å²) in [7, 11) is 0. The van der Waals surface area contributed by atoms with E-state index in [-0.39, 0.29) is 0 Å². The van der Waals surface area contributed by atoms with Gasteiger partial charge in [0, 0.05) is 11.2 Å². The first-order valence-electron chi connectivity index (χ1n) is 4.67. The van der Waals surface area contributed by atoms with Crippen molar-refractivity contribution in [2.24, 2.45) is 0 Å². The van der Waals surface area contributed by atoms with Crippen LogP contribution in [-0.2, 0) is 0 Å². The van der Waals surface area contributed by atoms with Gasteiger partial charge in [-0.15, -0.1) is 0 Å². The molecule has 0 bridgehead atoms. The van der Waals surface area contributed by atoms with Gasteiger partial charge in [-0.05, 0) is 24.1 Å². The molecule has 0 radical (unpaired) electrons. The smallest absolute Gasteiger partial charge is 0.313 e. The van der Waals surface area contributed by atoms with E-state index < -0.39 is 11.2 Å². The number of aromatic amines is 2. The Hall–Kier alpha value is -1.81. The first-order valence-corrected chi connectivity index (χ1v) is 5.05. The SMILES string of the molecule is Cc1c(Cl)cccc1-c1c[nH]c(=O)[nH]c1=O. The van der Waals surface area contributed by atoms with Gasteiger partial charge in [0.15, 0.2) is 0 Å². The minimum absolute atomic E-state index is 0.402. The van der Waals surface area contributed by atoms with Gasteiger partial charge in [-0.25, -0.2) is 4.79 Å². The lowest BCUT2D eigenvalue weighted by atomic mass is 10.0. The van der Waals surface area contributed by atoms with Crippen molar-refractivity contribution in [2.45, 2.75) is 6.92 Å². The van der Waals surface area contributed by atoms with E-state index in [1.807, 2.05) is 6.92 Å². The van der Waals surface area contributed by atoms with Gasteiger partial charge in [0.1, 0.15) is 0 Å². The first kappa shape index (κ1) is 10.7. The van der Waals surface area contributed by atoms with E-state index in [0.29, 0.717) is 16.1 Å². The molecule has 1 heterocycles. The lowest BCUT2D eigenvalue weighted by Crippen LogP contribution is -2.22. The Bertz CT molecular complexity index is 643. The Kier molecular flexibility index (Phi) is 2.66. The topological polar surface area (TPSA) is 65.7 Å². The fourth-order valence-electron chi connectivity index (χ4n) is 1.51. The van der Waals surface area contributed by atoms with Crippen LogP contribution in [0.5, 0.6) is 0 Å². The molecule has 2 rings (SSSR count). The molecule has 2 aromatic rings. The summed E-state index contributed by atoms with van der Waals surface area (Å²) >= 11 is 5.96. The molecule has 0 spiro atoms. The predicted molar refractivity (Wildman–Crippen MR) is 62.9 cm³/mol. The van der Waals surface area contributed by atoms with Gasteiger partial charge in [-0.3, -0.25) is 9.78 Å². The minimum atomic E-state index is -0.520. The molecular formula is C11H9ClN2O2. The van der Waals surface area contributed by atoms with Crippen LogP contribution in [0.4, 0.5) is 0 Å². The molecule has 5 heteroatoms. The van der Waals surface area contributed by atoms with Crippen molar-refractivity contribution in [3.8, 4) is 11.1 Å². The maximum atomic E-state index is 11.6. The highest BCUT2D eigenvalue weighted by atomic mass is 35.5. The molecule has 82 valence electrons. The zero-order valence-corrected chi connectivity index (χ0v) is 9.26. The third kappa shape index (κ3) is 1.79. The standard InChI is InChI=1S/C11H9ClN2O2/c1-6-7(3-2-4-9(6)12)8-5-13-11(16)14-10(8)15/h2-5H,1H3,(H2,13,14,15,16). The Morgan fingerprint density at radius 1 is 1.19 bits per heavy atom. The molecule has 2 N–H and O–H groups in total. The second kappa shape index (κ2) is 3.98. The molecule has 0 unspecified atom stereocenters. The third-order valence-corrected chi connectivity index (χ3v) is 2.79. The van der Waals surface area contributed by atoms with Crippen molar-refractivity contribution in [2.75, 3.05) is 0 Å². The molecule has 0 aliphatic heterocycles. The molecule has 4 nitrogen and oxygen atoms in total. The summed E-state index contributed by atoms with van der Waals surface area (Å²) in [4.78, 5) is 27.1. The van der Waals surface area contributed by atoms with Crippen molar-refractivity contribution in [3.63, 3.8) is 0 Å². The summed E-state index contributed by atoms with van der Waals surface area (Å²) in [5, 5.41) is 0.586. The number of benzene rings is 1. The van der Waals surface area contributed by atoms with E-state index in [0.717, 1.165) is 5.56 Å². The fraction of sp³-hybridized carbons (Fsp3) is 0.0909. The Morgan fingerprint density at radius 3 is 2.62 bits per heavy atom. The molecule has 1 aromatic heterocycles. The molecule has 0 saturated heterocycles. The Labute approximate surface area is 95.9 Å². The number of hydrogen-bond donors (Lipinski definition) is 2. The van der Waals surface area contributed by atoms with Crippen molar-refractivity contribution in [1.29, 1.82) is 0 Å². The first-order chi connectivity index (χ1) is 7.59. The van der Waals surface area contributed by atoms with E-state index in [2.05, 4.69) is 9.97 Å². The van der Waals surface area contributed by atoms with Gasteiger partial charge in [-0.1, -0.05) is 23.7 Å². The van der Waals surface area contributed by atoms with Crippen molar-refractivity contribution < 1.29 is 0 Å². The Balaban J connectivity index is 2.73. The van der Waals surface area contributed by atoms with Crippen molar-refractivity contribution in [1.82, 2.24) is 9.97 Å². The van der Waals surface area contributed by atoms with Crippen molar-refractivity contribution >= 4 is 11.6 Å². The van der Waals surface area contributed by atoms with Gasteiger partial charge in [0.05, 0.1) is 5.56 Å². The molecule has 0 saturated carbocycles. The van der Waals surface area contributed by atoms with E-state index >= 15 is 0 Å². The van der Waals surface area contributed by atoms with Gasteiger partial charge < -0.3 is 4.98 Å². The lowest BCUT2D eigenvalue weighted by Gasteiger charge is -2.05. The average molecular weight is 237 g/mol. The summed E-state index contributed by atoms with van der Waals surface area (Å²) in [6, 6.07) is 5.29. The van der Waals surface area contributed by atoms with E-state index in [9.17, 15) is 9.59 Å². The second-order valence-corrected chi connectivity index (χ2v) is 3.81. The molecule has 16 heavy (non-hydrogen) atoms. The summed E-state index contributed by atoms with van der Waals surface area (Å²) in [6.45, 7) is 1.82. The molecule has 0 amide bonds. The predicted octanol–water partition coefficient (Wildman–Crippen LogP) is 1.69. The van der Waals surface area contributed by atoms with Crippen molar-refractivity contribution in [3.05, 3.63) is 55.8 Å². The van der Waals surface area contributed by atoms with Crippen LogP contribution in [0.2, 0.25) is 5.02 Å². The normalized spacial score (nSPS) is 10.4. The second-order valence-electron chi connectivity index (χ2n) is 3.40. The minimum Gasteiger partial charge on any atom is -0.313 e. The third-order valence-electron chi connectivity index (χ3n) is 2.38. The van der Waals surface area contributed by atoms with Crippen LogP contribution in [0.25, 0.3) is 11.1 Å². The zero-order valence-electron chi connectivity index (χ0n) is 8.50. The van der Waals surface area contributed by atoms with Crippen LogP contribution in [-0.4, -0.2) is 9.97 Å². The highest BCUT2D eigenvalue weighted by Crippen LogP contribution is 2.25. The summed E-state index contributed by atoms with van der Waals surface area (Å²) in [6.07, 6.45) is 1.39. The number of H-pyrrole nitrogens is 2. The van der Waals surface area contributed by atoms with Crippen LogP contribution in [0, 0.1) is 6.92 Å². The highest BCUT2D eigenvalue weighted by molar-refractivity contribution is 6.31. The maximum absolute atomic E-state index is 11.6.